The Hall–Kier alpha value is -8.86. The van der Waals surface area contributed by atoms with Gasteiger partial charge in [-0.1, -0.05) is 187 Å². The first-order chi connectivity index (χ1) is 37.0. The summed E-state index contributed by atoms with van der Waals surface area (Å²) in [5, 5.41) is 10.5. The van der Waals surface area contributed by atoms with Crippen LogP contribution in [0.3, 0.4) is 0 Å². The predicted octanol–water partition coefficient (Wildman–Crippen LogP) is 16.9. The lowest BCUT2D eigenvalue weighted by atomic mass is 9.34. The second-order valence-electron chi connectivity index (χ2n) is 24.1. The molecular formula is C72H52BN3. The number of hydrogen-bond acceptors (Lipinski definition) is 0. The highest BCUT2D eigenvalue weighted by molar-refractivity contribution is 7.00. The number of hydrogen-bond donors (Lipinski definition) is 0. The maximum Gasteiger partial charge on any atom is 0.252 e. The number of fused-ring (bicyclic) bond motifs is 14. The average Bonchev–Trinajstić information content (AvgIpc) is 4.10. The molecule has 0 radical (unpaired) electrons. The van der Waals surface area contributed by atoms with Gasteiger partial charge >= 0.3 is 0 Å². The maximum absolute atomic E-state index is 2.70. The lowest BCUT2D eigenvalue weighted by Crippen LogP contribution is -2.59. The molecule has 5 heterocycles. The molecular weight excluding hydrogens is 918 g/mol. The van der Waals surface area contributed by atoms with Crippen molar-refractivity contribution in [2.75, 3.05) is 0 Å². The summed E-state index contributed by atoms with van der Waals surface area (Å²) in [5.74, 6) is 0. The van der Waals surface area contributed by atoms with Gasteiger partial charge in [-0.25, -0.2) is 0 Å². The summed E-state index contributed by atoms with van der Waals surface area (Å²) in [6.07, 6.45) is 0. The van der Waals surface area contributed by atoms with Crippen LogP contribution in [0.5, 0.6) is 0 Å². The largest absolute Gasteiger partial charge is 0.310 e. The van der Waals surface area contributed by atoms with Crippen LogP contribution in [0.2, 0.25) is 0 Å². The van der Waals surface area contributed by atoms with Crippen LogP contribution in [0.4, 0.5) is 0 Å². The van der Waals surface area contributed by atoms with Crippen molar-refractivity contribution >= 4 is 99.3 Å². The molecule has 0 unspecified atom stereocenters. The fraction of sp³-hybridized carbons (Fsp3) is 0.111. The number of rotatable bonds is 3. The van der Waals surface area contributed by atoms with Gasteiger partial charge in [-0.05, 0) is 154 Å². The van der Waals surface area contributed by atoms with E-state index in [0.29, 0.717) is 0 Å². The Labute approximate surface area is 442 Å². The van der Waals surface area contributed by atoms with Crippen LogP contribution in [0.1, 0.15) is 52.7 Å². The first-order valence-corrected chi connectivity index (χ1v) is 27.1. The predicted molar refractivity (Wildman–Crippen MR) is 324 cm³/mol. The minimum atomic E-state index is -0.0779. The van der Waals surface area contributed by atoms with E-state index in [9.17, 15) is 0 Å². The fourth-order valence-electron chi connectivity index (χ4n) is 14.3. The second-order valence-corrected chi connectivity index (χ2v) is 24.1. The zero-order valence-corrected chi connectivity index (χ0v) is 43.5. The molecule has 0 saturated heterocycles. The van der Waals surface area contributed by atoms with E-state index < -0.39 is 0 Å². The Morgan fingerprint density at radius 3 is 1.51 bits per heavy atom. The van der Waals surface area contributed by atoms with Crippen LogP contribution in [0, 0.1) is 0 Å². The van der Waals surface area contributed by atoms with E-state index >= 15 is 0 Å². The van der Waals surface area contributed by atoms with Crippen LogP contribution in [0.15, 0.2) is 206 Å². The van der Waals surface area contributed by atoms with E-state index in [4.69, 9.17) is 0 Å². The molecule has 0 N–H and O–H groups in total. The van der Waals surface area contributed by atoms with Crippen LogP contribution in [-0.2, 0) is 10.8 Å². The van der Waals surface area contributed by atoms with Crippen molar-refractivity contribution in [3.8, 4) is 61.6 Å². The molecule has 0 saturated carbocycles. The van der Waals surface area contributed by atoms with E-state index in [1.54, 1.807) is 0 Å². The summed E-state index contributed by atoms with van der Waals surface area (Å²) in [7, 11) is 0. The quantitative estimate of drug-likeness (QED) is 0.157. The highest BCUT2D eigenvalue weighted by Gasteiger charge is 2.43. The summed E-state index contributed by atoms with van der Waals surface area (Å²) < 4.78 is 7.93. The van der Waals surface area contributed by atoms with Gasteiger partial charge < -0.3 is 13.7 Å². The molecule has 14 aromatic rings. The minimum Gasteiger partial charge on any atom is -0.310 e. The lowest BCUT2D eigenvalue weighted by Gasteiger charge is -2.35. The van der Waals surface area contributed by atoms with E-state index in [0.717, 1.165) is 5.69 Å². The summed E-state index contributed by atoms with van der Waals surface area (Å²) in [4.78, 5) is 0. The molecule has 358 valence electrons. The molecule has 4 heteroatoms. The molecule has 0 spiro atoms. The summed E-state index contributed by atoms with van der Waals surface area (Å²) in [6, 6.07) is 79.3. The van der Waals surface area contributed by atoms with Crippen molar-refractivity contribution in [2.24, 2.45) is 0 Å². The maximum atomic E-state index is 2.70. The van der Waals surface area contributed by atoms with Gasteiger partial charge in [0.15, 0.2) is 0 Å². The molecule has 3 aromatic heterocycles. The second kappa shape index (κ2) is 14.5. The van der Waals surface area contributed by atoms with Gasteiger partial charge in [0.1, 0.15) is 0 Å². The third kappa shape index (κ3) is 5.48. The Bertz CT molecular complexity index is 4840. The molecule has 1 aliphatic carbocycles. The Morgan fingerprint density at radius 1 is 0.329 bits per heavy atom. The smallest absolute Gasteiger partial charge is 0.252 e. The molecule has 11 aromatic carbocycles. The molecule has 3 nitrogen and oxygen atoms in total. The van der Waals surface area contributed by atoms with E-state index in [1.165, 1.54) is 160 Å². The molecule has 0 bridgehead atoms. The van der Waals surface area contributed by atoms with Crippen LogP contribution >= 0.6 is 0 Å². The molecule has 0 atom stereocenters. The molecule has 0 fully saturated rings. The molecule has 3 aliphatic rings. The topological polar surface area (TPSA) is 14.8 Å². The Morgan fingerprint density at radius 2 is 0.868 bits per heavy atom. The number of aromatic nitrogens is 3. The first-order valence-electron chi connectivity index (χ1n) is 27.1. The SMILES string of the molecule is CC(C)(C)c1ccc2c(c1)c1cc(C(C)(C)C)cc3c1n2-c1cc(-n2c4ccc(-c5ccccc5)cc4c4cc(-c5ccccc5)ccc42)cc2c1B3c1ccc3c4c5c6c(cccc6ccc5n-2c14)-c1ccccc1-3. The first kappa shape index (κ1) is 42.5. The highest BCUT2D eigenvalue weighted by atomic mass is 15.1. The van der Waals surface area contributed by atoms with Crippen molar-refractivity contribution in [1.82, 2.24) is 13.7 Å². The van der Waals surface area contributed by atoms with Gasteiger partial charge in [0.05, 0.1) is 33.3 Å². The number of nitrogens with zero attached hydrogens (tertiary/aromatic N) is 3. The van der Waals surface area contributed by atoms with Gasteiger partial charge in [-0.15, -0.1) is 0 Å². The fourth-order valence-corrected chi connectivity index (χ4v) is 14.3. The van der Waals surface area contributed by atoms with Gasteiger partial charge in [0, 0.05) is 49.2 Å². The van der Waals surface area contributed by atoms with E-state index in [-0.39, 0.29) is 17.5 Å². The van der Waals surface area contributed by atoms with E-state index in [2.05, 4.69) is 262 Å². The average molecular weight is 970 g/mol. The van der Waals surface area contributed by atoms with Crippen molar-refractivity contribution in [3.63, 3.8) is 0 Å². The van der Waals surface area contributed by atoms with Crippen molar-refractivity contribution in [2.45, 2.75) is 52.4 Å². The summed E-state index contributed by atoms with van der Waals surface area (Å²) in [5.41, 5.74) is 28.0. The van der Waals surface area contributed by atoms with Gasteiger partial charge in [0.2, 0.25) is 0 Å². The van der Waals surface area contributed by atoms with E-state index in [1.807, 2.05) is 0 Å². The van der Waals surface area contributed by atoms with Crippen molar-refractivity contribution in [3.05, 3.63) is 217 Å². The molecule has 2 aliphatic heterocycles. The standard InChI is InChI=1S/C72H52BN3/c1-71(2,3)46-27-33-61-55(36-46)56-37-47(72(4,5)6)38-58-69(56)75(61)63-39-48(74-59-30-25-44(41-16-9-7-10-17-41)34-53(59)54-35-45(26-31-60(54)74)42-18-11-8-12-19-42)40-64-68(63)73(58)57-29-28-52-50-22-14-13-21-49(50)51-23-15-20-43-24-32-62-67(65(43)51)66(52)70(57)76(62)64/h7-40H,1-6H3. The van der Waals surface area contributed by atoms with Gasteiger partial charge in [0.25, 0.3) is 6.71 Å². The zero-order valence-electron chi connectivity index (χ0n) is 43.5. The zero-order chi connectivity index (χ0) is 50.7. The third-order valence-corrected chi connectivity index (χ3v) is 17.8. The molecule has 17 rings (SSSR count). The van der Waals surface area contributed by atoms with Crippen LogP contribution in [0.25, 0.3) is 138 Å². The summed E-state index contributed by atoms with van der Waals surface area (Å²) in [6.45, 7) is 14.2. The minimum absolute atomic E-state index is 0.0153. The normalized spacial score (nSPS) is 13.4. The van der Waals surface area contributed by atoms with Gasteiger partial charge in [-0.3, -0.25) is 0 Å². The highest BCUT2D eigenvalue weighted by Crippen LogP contribution is 2.51. The third-order valence-electron chi connectivity index (χ3n) is 17.8. The monoisotopic (exact) mass is 969 g/mol. The Balaban J connectivity index is 1.06. The van der Waals surface area contributed by atoms with Crippen molar-refractivity contribution < 1.29 is 0 Å². The summed E-state index contributed by atoms with van der Waals surface area (Å²) >= 11 is 0. The lowest BCUT2D eigenvalue weighted by molar-refractivity contribution is 0.590. The van der Waals surface area contributed by atoms with Gasteiger partial charge in [-0.2, -0.15) is 0 Å². The van der Waals surface area contributed by atoms with Crippen LogP contribution in [-0.4, -0.2) is 20.4 Å². The Kier molecular flexibility index (Phi) is 8.11. The molecule has 76 heavy (non-hydrogen) atoms. The number of benzene rings is 11. The molecule has 0 amide bonds. The van der Waals surface area contributed by atoms with Crippen molar-refractivity contribution in [1.29, 1.82) is 0 Å². The van der Waals surface area contributed by atoms with Crippen LogP contribution < -0.4 is 16.4 Å².